The monoisotopic (exact) mass is 234 g/mol. The van der Waals surface area contributed by atoms with E-state index >= 15 is 0 Å². The van der Waals surface area contributed by atoms with Crippen molar-refractivity contribution < 1.29 is 0 Å². The lowest BCUT2D eigenvalue weighted by Gasteiger charge is -2.11. The molecule has 0 aliphatic heterocycles. The van der Waals surface area contributed by atoms with Crippen molar-refractivity contribution in [2.75, 3.05) is 7.05 Å². The molecule has 0 aliphatic carbocycles. The lowest BCUT2D eigenvalue weighted by atomic mass is 10.0. The Balaban J connectivity index is 2.45. The van der Waals surface area contributed by atoms with Crippen LogP contribution < -0.4 is 5.32 Å². The number of fused-ring (bicyclic) bond motifs is 1. The Morgan fingerprint density at radius 2 is 2.19 bits per heavy atom. The van der Waals surface area contributed by atoms with Crippen molar-refractivity contribution in [2.24, 2.45) is 0 Å². The summed E-state index contributed by atoms with van der Waals surface area (Å²) in [6, 6.07) is 8.40. The van der Waals surface area contributed by atoms with Crippen molar-refractivity contribution >= 4 is 22.5 Å². The molecule has 16 heavy (non-hydrogen) atoms. The standard InChI is InChI=1S/C13H15ClN2/c1-9(15-2)7-10-5-6-16-13-8-11(14)3-4-12(10)13/h3-6,8-9,15H,7H2,1-2H3. The van der Waals surface area contributed by atoms with Gasteiger partial charge < -0.3 is 5.32 Å². The number of likely N-dealkylation sites (N-methyl/N-ethyl adjacent to an activating group) is 1. The van der Waals surface area contributed by atoms with Gasteiger partial charge in [0.15, 0.2) is 0 Å². The van der Waals surface area contributed by atoms with E-state index in [9.17, 15) is 0 Å². The molecule has 1 atom stereocenters. The van der Waals surface area contributed by atoms with Gasteiger partial charge in [-0.25, -0.2) is 0 Å². The van der Waals surface area contributed by atoms with Crippen LogP contribution in [-0.4, -0.2) is 18.1 Å². The summed E-state index contributed by atoms with van der Waals surface area (Å²) < 4.78 is 0. The van der Waals surface area contributed by atoms with E-state index < -0.39 is 0 Å². The summed E-state index contributed by atoms with van der Waals surface area (Å²) in [5, 5.41) is 5.17. The Labute approximate surface area is 101 Å². The molecule has 1 unspecified atom stereocenters. The van der Waals surface area contributed by atoms with Crippen LogP contribution in [-0.2, 0) is 6.42 Å². The summed E-state index contributed by atoms with van der Waals surface area (Å²) in [6.07, 6.45) is 2.84. The molecule has 1 heterocycles. The fourth-order valence-electron chi connectivity index (χ4n) is 1.79. The number of nitrogens with zero attached hydrogens (tertiary/aromatic N) is 1. The zero-order chi connectivity index (χ0) is 11.5. The number of halogens is 1. The van der Waals surface area contributed by atoms with Gasteiger partial charge in [-0.1, -0.05) is 17.7 Å². The quantitative estimate of drug-likeness (QED) is 0.883. The summed E-state index contributed by atoms with van der Waals surface area (Å²) in [7, 11) is 1.98. The van der Waals surface area contributed by atoms with Crippen LogP contribution in [0.3, 0.4) is 0 Å². The molecule has 0 fully saturated rings. The number of aromatic nitrogens is 1. The molecular weight excluding hydrogens is 220 g/mol. The summed E-state index contributed by atoms with van der Waals surface area (Å²) in [4.78, 5) is 4.33. The van der Waals surface area contributed by atoms with Crippen molar-refractivity contribution in [3.05, 3.63) is 41.0 Å². The molecule has 84 valence electrons. The zero-order valence-electron chi connectivity index (χ0n) is 9.50. The van der Waals surface area contributed by atoms with E-state index in [2.05, 4.69) is 23.3 Å². The summed E-state index contributed by atoms with van der Waals surface area (Å²) in [5.74, 6) is 0. The molecular formula is C13H15ClN2. The number of rotatable bonds is 3. The van der Waals surface area contributed by atoms with Crippen LogP contribution in [0.5, 0.6) is 0 Å². The zero-order valence-corrected chi connectivity index (χ0v) is 10.3. The maximum Gasteiger partial charge on any atom is 0.0719 e. The van der Waals surface area contributed by atoms with Crippen molar-refractivity contribution in [3.8, 4) is 0 Å². The number of hydrogen-bond acceptors (Lipinski definition) is 2. The Bertz CT molecular complexity index is 496. The van der Waals surface area contributed by atoms with E-state index in [1.807, 2.05) is 31.4 Å². The first kappa shape index (κ1) is 11.4. The van der Waals surface area contributed by atoms with E-state index in [1.165, 1.54) is 10.9 Å². The fraction of sp³-hybridized carbons (Fsp3) is 0.308. The molecule has 0 aliphatic rings. The molecule has 2 aromatic rings. The second-order valence-corrected chi connectivity index (χ2v) is 4.46. The second-order valence-electron chi connectivity index (χ2n) is 4.03. The van der Waals surface area contributed by atoms with E-state index in [0.717, 1.165) is 17.0 Å². The minimum absolute atomic E-state index is 0.460. The second kappa shape index (κ2) is 4.81. The topological polar surface area (TPSA) is 24.9 Å². The van der Waals surface area contributed by atoms with E-state index in [4.69, 9.17) is 11.6 Å². The lowest BCUT2D eigenvalue weighted by Crippen LogP contribution is -2.23. The third-order valence-electron chi connectivity index (χ3n) is 2.81. The number of pyridine rings is 1. The van der Waals surface area contributed by atoms with Crippen LogP contribution in [0.1, 0.15) is 12.5 Å². The third kappa shape index (κ3) is 2.34. The van der Waals surface area contributed by atoms with Gasteiger partial charge in [0.05, 0.1) is 5.52 Å². The van der Waals surface area contributed by atoms with Gasteiger partial charge in [0.25, 0.3) is 0 Å². The average molecular weight is 235 g/mol. The van der Waals surface area contributed by atoms with Crippen molar-refractivity contribution in [1.82, 2.24) is 10.3 Å². The molecule has 2 nitrogen and oxygen atoms in total. The molecule has 0 saturated carbocycles. The van der Waals surface area contributed by atoms with Gasteiger partial charge in [-0.15, -0.1) is 0 Å². The van der Waals surface area contributed by atoms with Crippen LogP contribution in [0.15, 0.2) is 30.5 Å². The minimum atomic E-state index is 0.460. The summed E-state index contributed by atoms with van der Waals surface area (Å²) >= 11 is 5.95. The maximum absolute atomic E-state index is 5.95. The van der Waals surface area contributed by atoms with E-state index in [0.29, 0.717) is 6.04 Å². The fourth-order valence-corrected chi connectivity index (χ4v) is 1.96. The minimum Gasteiger partial charge on any atom is -0.317 e. The highest BCUT2D eigenvalue weighted by atomic mass is 35.5. The van der Waals surface area contributed by atoms with Crippen molar-refractivity contribution in [1.29, 1.82) is 0 Å². The van der Waals surface area contributed by atoms with Crippen LogP contribution in [0.25, 0.3) is 10.9 Å². The van der Waals surface area contributed by atoms with Gasteiger partial charge in [0.1, 0.15) is 0 Å². The predicted octanol–water partition coefficient (Wildman–Crippen LogP) is 3.04. The molecule has 0 saturated heterocycles. The first-order chi connectivity index (χ1) is 7.70. The highest BCUT2D eigenvalue weighted by molar-refractivity contribution is 6.31. The van der Waals surface area contributed by atoms with Gasteiger partial charge >= 0.3 is 0 Å². The van der Waals surface area contributed by atoms with Gasteiger partial charge in [0, 0.05) is 22.6 Å². The van der Waals surface area contributed by atoms with Gasteiger partial charge in [-0.2, -0.15) is 0 Å². The Morgan fingerprint density at radius 3 is 2.94 bits per heavy atom. The first-order valence-corrected chi connectivity index (χ1v) is 5.79. The molecule has 3 heteroatoms. The van der Waals surface area contributed by atoms with E-state index in [-0.39, 0.29) is 0 Å². The van der Waals surface area contributed by atoms with Crippen LogP contribution >= 0.6 is 11.6 Å². The molecule has 0 bridgehead atoms. The van der Waals surface area contributed by atoms with Crippen LogP contribution in [0.2, 0.25) is 5.02 Å². The van der Waals surface area contributed by atoms with Crippen molar-refractivity contribution in [2.45, 2.75) is 19.4 Å². The molecule has 0 amide bonds. The summed E-state index contributed by atoms with van der Waals surface area (Å²) in [6.45, 7) is 2.17. The SMILES string of the molecule is CNC(C)Cc1ccnc2cc(Cl)ccc12. The Hall–Kier alpha value is -1.12. The Kier molecular flexibility index (Phi) is 3.42. The third-order valence-corrected chi connectivity index (χ3v) is 3.05. The highest BCUT2D eigenvalue weighted by Gasteiger charge is 2.05. The Morgan fingerprint density at radius 1 is 1.38 bits per heavy atom. The molecule has 2 rings (SSSR count). The van der Waals surface area contributed by atoms with Gasteiger partial charge in [-0.3, -0.25) is 4.98 Å². The molecule has 0 spiro atoms. The van der Waals surface area contributed by atoms with Gasteiger partial charge in [0.2, 0.25) is 0 Å². The highest BCUT2D eigenvalue weighted by Crippen LogP contribution is 2.21. The normalized spacial score (nSPS) is 12.9. The summed E-state index contributed by atoms with van der Waals surface area (Å²) in [5.41, 5.74) is 2.27. The van der Waals surface area contributed by atoms with Crippen LogP contribution in [0.4, 0.5) is 0 Å². The number of nitrogens with one attached hydrogen (secondary N) is 1. The molecule has 1 N–H and O–H groups in total. The smallest absolute Gasteiger partial charge is 0.0719 e. The lowest BCUT2D eigenvalue weighted by molar-refractivity contribution is 0.610. The first-order valence-electron chi connectivity index (χ1n) is 5.41. The number of benzene rings is 1. The van der Waals surface area contributed by atoms with Gasteiger partial charge in [-0.05, 0) is 44.2 Å². The average Bonchev–Trinajstić information content (AvgIpc) is 2.28. The maximum atomic E-state index is 5.95. The van der Waals surface area contributed by atoms with Crippen molar-refractivity contribution in [3.63, 3.8) is 0 Å². The predicted molar refractivity (Wildman–Crippen MR) is 69.0 cm³/mol. The molecule has 1 aromatic heterocycles. The molecule has 0 radical (unpaired) electrons. The molecule has 1 aromatic carbocycles. The number of hydrogen-bond donors (Lipinski definition) is 1. The largest absolute Gasteiger partial charge is 0.317 e. The van der Waals surface area contributed by atoms with Crippen LogP contribution in [0, 0.1) is 0 Å². The van der Waals surface area contributed by atoms with E-state index in [1.54, 1.807) is 0 Å².